The molecular formula is C16H16BN4O. The first-order valence-corrected chi connectivity index (χ1v) is 7.62. The van der Waals surface area contributed by atoms with Gasteiger partial charge < -0.3 is 9.88 Å². The molecule has 1 saturated heterocycles. The standard InChI is InChI=1S/C16H16BN4O/c1-17-10-6-12-11-7-13(16(22)21-4-2-3-5-21)18-9-14(11)20-15(12)19-8-10/h6-9H,2-5H2,1H3,(H,19,20). The maximum absolute atomic E-state index is 12.5. The van der Waals surface area contributed by atoms with Crippen molar-refractivity contribution in [3.05, 3.63) is 30.2 Å². The Bertz CT molecular complexity index is 867. The van der Waals surface area contributed by atoms with Gasteiger partial charge in [-0.05, 0) is 18.9 Å². The van der Waals surface area contributed by atoms with Crippen LogP contribution in [0.25, 0.3) is 21.9 Å². The van der Waals surface area contributed by atoms with Gasteiger partial charge in [-0.25, -0.2) is 9.97 Å². The largest absolute Gasteiger partial charge is 0.338 e. The molecule has 4 heterocycles. The third-order valence-corrected chi connectivity index (χ3v) is 4.30. The number of aromatic nitrogens is 3. The molecule has 0 atom stereocenters. The van der Waals surface area contributed by atoms with Gasteiger partial charge in [0.05, 0.1) is 11.7 Å². The minimum atomic E-state index is 0.0277. The number of hydrogen-bond donors (Lipinski definition) is 1. The van der Waals surface area contributed by atoms with E-state index in [1.54, 1.807) is 6.20 Å². The van der Waals surface area contributed by atoms with Crippen LogP contribution < -0.4 is 5.46 Å². The van der Waals surface area contributed by atoms with Crippen molar-refractivity contribution in [2.45, 2.75) is 19.7 Å². The molecule has 0 aromatic carbocycles. The maximum Gasteiger partial charge on any atom is 0.272 e. The van der Waals surface area contributed by atoms with Crippen molar-refractivity contribution in [1.29, 1.82) is 0 Å². The minimum Gasteiger partial charge on any atom is -0.338 e. The average molecular weight is 291 g/mol. The summed E-state index contributed by atoms with van der Waals surface area (Å²) in [6, 6.07) is 3.97. The zero-order valence-electron chi connectivity index (χ0n) is 12.5. The second-order valence-corrected chi connectivity index (χ2v) is 5.69. The average Bonchev–Trinajstić information content (AvgIpc) is 3.20. The lowest BCUT2D eigenvalue weighted by molar-refractivity contribution is 0.0787. The Morgan fingerprint density at radius 2 is 2.00 bits per heavy atom. The molecule has 1 N–H and O–H groups in total. The minimum absolute atomic E-state index is 0.0277. The lowest BCUT2D eigenvalue weighted by atomic mass is 9.74. The molecule has 3 aromatic rings. The molecule has 0 bridgehead atoms. The van der Waals surface area contributed by atoms with Crippen LogP contribution in [-0.2, 0) is 0 Å². The number of fused-ring (bicyclic) bond motifs is 3. The SMILES string of the molecule is C[B]c1cnc2[nH]c3cnc(C(=O)N4CCCC4)cc3c2c1. The van der Waals surface area contributed by atoms with Crippen molar-refractivity contribution in [3.8, 4) is 0 Å². The summed E-state index contributed by atoms with van der Waals surface area (Å²) in [5.74, 6) is 0.0277. The molecule has 1 aliphatic rings. The second kappa shape index (κ2) is 5.12. The summed E-state index contributed by atoms with van der Waals surface area (Å²) >= 11 is 0. The van der Waals surface area contributed by atoms with E-state index < -0.39 is 0 Å². The summed E-state index contributed by atoms with van der Waals surface area (Å²) in [5, 5.41) is 2.03. The van der Waals surface area contributed by atoms with Gasteiger partial charge in [-0.2, -0.15) is 0 Å². The zero-order valence-corrected chi connectivity index (χ0v) is 12.5. The quantitative estimate of drug-likeness (QED) is 0.731. The van der Waals surface area contributed by atoms with E-state index in [1.807, 2.05) is 31.3 Å². The molecule has 6 heteroatoms. The maximum atomic E-state index is 12.5. The third kappa shape index (κ3) is 2.06. The summed E-state index contributed by atoms with van der Waals surface area (Å²) in [5.41, 5.74) is 3.32. The molecule has 109 valence electrons. The molecule has 22 heavy (non-hydrogen) atoms. The first-order chi connectivity index (χ1) is 10.8. The molecule has 0 spiro atoms. The number of nitrogens with zero attached hydrogens (tertiary/aromatic N) is 3. The fourth-order valence-corrected chi connectivity index (χ4v) is 3.05. The van der Waals surface area contributed by atoms with E-state index in [0.717, 1.165) is 53.3 Å². The number of carbonyl (C=O) groups excluding carboxylic acids is 1. The van der Waals surface area contributed by atoms with E-state index in [0.29, 0.717) is 5.69 Å². The molecule has 5 nitrogen and oxygen atoms in total. The van der Waals surface area contributed by atoms with Crippen LogP contribution in [0.4, 0.5) is 0 Å². The van der Waals surface area contributed by atoms with Gasteiger partial charge in [0.25, 0.3) is 5.91 Å². The number of pyridine rings is 2. The number of hydrogen-bond acceptors (Lipinski definition) is 3. The summed E-state index contributed by atoms with van der Waals surface area (Å²) in [4.78, 5) is 26.4. The van der Waals surface area contributed by atoms with Crippen molar-refractivity contribution >= 4 is 40.6 Å². The van der Waals surface area contributed by atoms with Gasteiger partial charge in [-0.1, -0.05) is 18.4 Å². The highest BCUT2D eigenvalue weighted by atomic mass is 16.2. The van der Waals surface area contributed by atoms with Crippen LogP contribution >= 0.6 is 0 Å². The van der Waals surface area contributed by atoms with E-state index >= 15 is 0 Å². The summed E-state index contributed by atoms with van der Waals surface area (Å²) < 4.78 is 0. The Morgan fingerprint density at radius 1 is 1.18 bits per heavy atom. The first kappa shape index (κ1) is 13.3. The third-order valence-electron chi connectivity index (χ3n) is 4.30. The molecule has 0 saturated carbocycles. The van der Waals surface area contributed by atoms with Crippen molar-refractivity contribution in [2.24, 2.45) is 0 Å². The monoisotopic (exact) mass is 291 g/mol. The van der Waals surface area contributed by atoms with E-state index in [9.17, 15) is 4.79 Å². The van der Waals surface area contributed by atoms with Crippen molar-refractivity contribution in [1.82, 2.24) is 19.9 Å². The number of amides is 1. The van der Waals surface area contributed by atoms with Crippen LogP contribution in [0.15, 0.2) is 24.5 Å². The fraction of sp³-hybridized carbons (Fsp3) is 0.312. The predicted molar refractivity (Wildman–Crippen MR) is 87.8 cm³/mol. The van der Waals surface area contributed by atoms with Gasteiger partial charge in [0.2, 0.25) is 0 Å². The molecule has 3 aromatic heterocycles. The fourth-order valence-electron chi connectivity index (χ4n) is 3.05. The van der Waals surface area contributed by atoms with E-state index in [-0.39, 0.29) is 5.91 Å². The van der Waals surface area contributed by atoms with Gasteiger partial charge in [0.15, 0.2) is 0 Å². The van der Waals surface area contributed by atoms with Gasteiger partial charge in [0.1, 0.15) is 18.6 Å². The van der Waals surface area contributed by atoms with E-state index in [1.165, 1.54) is 0 Å². The Labute approximate surface area is 129 Å². The Balaban J connectivity index is 1.84. The van der Waals surface area contributed by atoms with Crippen molar-refractivity contribution in [2.75, 3.05) is 13.1 Å². The van der Waals surface area contributed by atoms with Gasteiger partial charge in [-0.15, -0.1) is 0 Å². The number of nitrogens with one attached hydrogen (secondary N) is 1. The number of rotatable bonds is 2. The van der Waals surface area contributed by atoms with Crippen LogP contribution in [0.2, 0.25) is 6.82 Å². The molecule has 1 radical (unpaired) electrons. The highest BCUT2D eigenvalue weighted by molar-refractivity contribution is 6.52. The van der Waals surface area contributed by atoms with Crippen LogP contribution in [0.5, 0.6) is 0 Å². The summed E-state index contributed by atoms with van der Waals surface area (Å²) in [6.07, 6.45) is 5.73. The number of H-pyrrole nitrogens is 1. The lowest BCUT2D eigenvalue weighted by Gasteiger charge is -2.14. The number of carbonyl (C=O) groups is 1. The highest BCUT2D eigenvalue weighted by Gasteiger charge is 2.21. The van der Waals surface area contributed by atoms with Crippen molar-refractivity contribution < 1.29 is 4.79 Å². The van der Waals surface area contributed by atoms with Gasteiger partial charge >= 0.3 is 0 Å². The zero-order chi connectivity index (χ0) is 15.1. The van der Waals surface area contributed by atoms with Crippen LogP contribution in [0.1, 0.15) is 23.3 Å². The summed E-state index contributed by atoms with van der Waals surface area (Å²) in [6.45, 7) is 3.66. The second-order valence-electron chi connectivity index (χ2n) is 5.69. The van der Waals surface area contributed by atoms with E-state index in [4.69, 9.17) is 0 Å². The normalized spacial score (nSPS) is 14.9. The van der Waals surface area contributed by atoms with Crippen LogP contribution in [0, 0.1) is 0 Å². The van der Waals surface area contributed by atoms with Crippen LogP contribution in [0.3, 0.4) is 0 Å². The van der Waals surface area contributed by atoms with Crippen LogP contribution in [-0.4, -0.2) is 46.1 Å². The topological polar surface area (TPSA) is 61.9 Å². The summed E-state index contributed by atoms with van der Waals surface area (Å²) in [7, 11) is 2.02. The molecule has 0 aliphatic carbocycles. The molecule has 0 unspecified atom stereocenters. The van der Waals surface area contributed by atoms with Gasteiger partial charge in [0, 0.05) is 30.1 Å². The molecule has 1 aliphatic heterocycles. The molecule has 4 rings (SSSR count). The smallest absolute Gasteiger partial charge is 0.272 e. The first-order valence-electron chi connectivity index (χ1n) is 7.62. The molecule has 1 amide bonds. The Kier molecular flexibility index (Phi) is 3.10. The highest BCUT2D eigenvalue weighted by Crippen LogP contribution is 2.24. The van der Waals surface area contributed by atoms with Gasteiger partial charge in [-0.3, -0.25) is 4.79 Å². The van der Waals surface area contributed by atoms with E-state index in [2.05, 4.69) is 21.0 Å². The molecular weight excluding hydrogens is 275 g/mol. The Morgan fingerprint density at radius 3 is 2.77 bits per heavy atom. The molecule has 1 fully saturated rings. The lowest BCUT2D eigenvalue weighted by Crippen LogP contribution is -2.28. The Hall–Kier alpha value is -2.37. The number of likely N-dealkylation sites (tertiary alicyclic amines) is 1. The van der Waals surface area contributed by atoms with Crippen molar-refractivity contribution in [3.63, 3.8) is 0 Å². The predicted octanol–water partition coefficient (Wildman–Crippen LogP) is 1.72. The number of aromatic amines is 1.